The Kier molecular flexibility index (Phi) is 5.28. The first-order chi connectivity index (χ1) is 12.1. The van der Waals surface area contributed by atoms with E-state index in [9.17, 15) is 13.6 Å². The molecule has 1 atom stereocenters. The summed E-state index contributed by atoms with van der Waals surface area (Å²) in [4.78, 5) is 14.5. The molecule has 1 amide bonds. The van der Waals surface area contributed by atoms with Gasteiger partial charge in [0.15, 0.2) is 0 Å². The minimum absolute atomic E-state index is 0.0994. The minimum Gasteiger partial charge on any atom is -0.496 e. The lowest BCUT2D eigenvalue weighted by atomic mass is 10.0. The average molecular weight is 346 g/mol. The predicted molar refractivity (Wildman–Crippen MR) is 90.4 cm³/mol. The molecule has 1 aliphatic heterocycles. The van der Waals surface area contributed by atoms with Crippen molar-refractivity contribution in [3.05, 3.63) is 65.2 Å². The number of carbonyl (C=O) groups is 1. The van der Waals surface area contributed by atoms with Crippen molar-refractivity contribution in [3.8, 4) is 5.75 Å². The molecule has 0 spiro atoms. The van der Waals surface area contributed by atoms with E-state index >= 15 is 0 Å². The quantitative estimate of drug-likeness (QED) is 0.926. The first kappa shape index (κ1) is 17.4. The van der Waals surface area contributed by atoms with E-state index in [2.05, 4.69) is 5.32 Å². The van der Waals surface area contributed by atoms with Crippen LogP contribution in [0.1, 0.15) is 17.2 Å². The Bertz CT molecular complexity index is 767. The summed E-state index contributed by atoms with van der Waals surface area (Å²) in [6.07, 6.45) is -0.0994. The molecule has 0 bridgehead atoms. The zero-order chi connectivity index (χ0) is 17.8. The highest BCUT2D eigenvalue weighted by Crippen LogP contribution is 2.30. The van der Waals surface area contributed by atoms with Crippen LogP contribution < -0.4 is 10.1 Å². The van der Waals surface area contributed by atoms with E-state index in [-0.39, 0.29) is 23.9 Å². The molecule has 2 aromatic rings. The summed E-state index contributed by atoms with van der Waals surface area (Å²) in [5, 5.41) is 3.28. The molecule has 0 saturated carbocycles. The number of amides is 1. The van der Waals surface area contributed by atoms with Gasteiger partial charge in [0.05, 0.1) is 19.6 Å². The van der Waals surface area contributed by atoms with Crippen molar-refractivity contribution in [1.29, 1.82) is 0 Å². The number of hydrogen-bond donors (Lipinski definition) is 1. The van der Waals surface area contributed by atoms with Crippen LogP contribution in [0.15, 0.2) is 42.5 Å². The van der Waals surface area contributed by atoms with Crippen molar-refractivity contribution < 1.29 is 18.3 Å². The van der Waals surface area contributed by atoms with Crippen molar-refractivity contribution >= 4 is 5.91 Å². The van der Waals surface area contributed by atoms with Gasteiger partial charge in [0.25, 0.3) is 0 Å². The van der Waals surface area contributed by atoms with Crippen LogP contribution in [0.25, 0.3) is 0 Å². The summed E-state index contributed by atoms with van der Waals surface area (Å²) in [5.41, 5.74) is 1.11. The van der Waals surface area contributed by atoms with Gasteiger partial charge in [-0.1, -0.05) is 24.3 Å². The number of carbonyl (C=O) groups excluding carboxylic acids is 1. The fraction of sp³-hybridized carbons (Fsp3) is 0.316. The van der Waals surface area contributed by atoms with Crippen LogP contribution >= 0.6 is 0 Å². The van der Waals surface area contributed by atoms with Gasteiger partial charge in [-0.3, -0.25) is 4.79 Å². The van der Waals surface area contributed by atoms with Crippen LogP contribution in [0.3, 0.4) is 0 Å². The van der Waals surface area contributed by atoms with Crippen molar-refractivity contribution in [2.75, 3.05) is 26.7 Å². The Balaban J connectivity index is 1.84. The van der Waals surface area contributed by atoms with E-state index < -0.39 is 11.6 Å². The molecule has 132 valence electrons. The minimum atomic E-state index is -0.697. The Morgan fingerprint density at radius 1 is 1.28 bits per heavy atom. The van der Waals surface area contributed by atoms with E-state index in [4.69, 9.17) is 4.74 Å². The molecule has 6 heteroatoms. The van der Waals surface area contributed by atoms with E-state index in [1.807, 2.05) is 24.3 Å². The summed E-state index contributed by atoms with van der Waals surface area (Å²) < 4.78 is 32.3. The van der Waals surface area contributed by atoms with Crippen LogP contribution in [0, 0.1) is 11.6 Å². The average Bonchev–Trinajstić information content (AvgIpc) is 2.64. The number of halogens is 2. The third kappa shape index (κ3) is 3.79. The largest absolute Gasteiger partial charge is 0.496 e. The van der Waals surface area contributed by atoms with E-state index in [0.717, 1.165) is 11.6 Å². The molecule has 2 aromatic carbocycles. The SMILES string of the molecule is COc1ccccc1C1CNCCN1C(=O)Cc1ccc(F)cc1F. The number of ether oxygens (including phenoxy) is 1. The maximum absolute atomic E-state index is 13.9. The number of piperazine rings is 1. The molecule has 1 unspecified atom stereocenters. The van der Waals surface area contributed by atoms with Crippen molar-refractivity contribution in [2.45, 2.75) is 12.5 Å². The van der Waals surface area contributed by atoms with Crippen LogP contribution in [0.4, 0.5) is 8.78 Å². The first-order valence-electron chi connectivity index (χ1n) is 8.17. The highest BCUT2D eigenvalue weighted by atomic mass is 19.1. The number of hydrogen-bond acceptors (Lipinski definition) is 3. The number of nitrogens with zero attached hydrogens (tertiary/aromatic N) is 1. The molecule has 0 aromatic heterocycles. The first-order valence-corrected chi connectivity index (χ1v) is 8.17. The summed E-state index contributed by atoms with van der Waals surface area (Å²) in [6, 6.07) is 10.7. The molecule has 3 rings (SSSR count). The maximum Gasteiger partial charge on any atom is 0.227 e. The highest BCUT2D eigenvalue weighted by Gasteiger charge is 2.30. The van der Waals surface area contributed by atoms with Crippen LogP contribution in [0.2, 0.25) is 0 Å². The molecular weight excluding hydrogens is 326 g/mol. The van der Waals surface area contributed by atoms with Gasteiger partial charge in [-0.2, -0.15) is 0 Å². The third-order valence-corrected chi connectivity index (χ3v) is 4.42. The molecule has 25 heavy (non-hydrogen) atoms. The van der Waals surface area contributed by atoms with Gasteiger partial charge in [0, 0.05) is 31.3 Å². The lowest BCUT2D eigenvalue weighted by Crippen LogP contribution is -2.49. The standard InChI is InChI=1S/C19H20F2N2O2/c1-25-18-5-3-2-4-15(18)17-12-22-8-9-23(17)19(24)10-13-6-7-14(20)11-16(13)21/h2-7,11,17,22H,8-10,12H2,1H3. The second-order valence-electron chi connectivity index (χ2n) is 5.96. The Morgan fingerprint density at radius 3 is 2.84 bits per heavy atom. The van der Waals surface area contributed by atoms with Crippen LogP contribution in [0.5, 0.6) is 5.75 Å². The molecule has 0 radical (unpaired) electrons. The molecule has 1 heterocycles. The predicted octanol–water partition coefficient (Wildman–Crippen LogP) is 2.69. The maximum atomic E-state index is 13.9. The van der Waals surface area contributed by atoms with Crippen molar-refractivity contribution in [1.82, 2.24) is 10.2 Å². The van der Waals surface area contributed by atoms with Gasteiger partial charge < -0.3 is 15.0 Å². The van der Waals surface area contributed by atoms with Crippen LogP contribution in [-0.4, -0.2) is 37.6 Å². The second kappa shape index (κ2) is 7.61. The summed E-state index contributed by atoms with van der Waals surface area (Å²) in [5.74, 6) is -0.829. The lowest BCUT2D eigenvalue weighted by Gasteiger charge is -2.37. The summed E-state index contributed by atoms with van der Waals surface area (Å²) in [7, 11) is 1.59. The molecule has 4 nitrogen and oxygen atoms in total. The van der Waals surface area contributed by atoms with Gasteiger partial charge >= 0.3 is 0 Å². The van der Waals surface area contributed by atoms with Crippen molar-refractivity contribution in [2.24, 2.45) is 0 Å². The zero-order valence-corrected chi connectivity index (χ0v) is 14.0. The van der Waals surface area contributed by atoms with Crippen LogP contribution in [-0.2, 0) is 11.2 Å². The van der Waals surface area contributed by atoms with Gasteiger partial charge in [-0.25, -0.2) is 8.78 Å². The molecule has 1 fully saturated rings. The Morgan fingerprint density at radius 2 is 2.08 bits per heavy atom. The number of nitrogens with one attached hydrogen (secondary N) is 1. The van der Waals surface area contributed by atoms with Crippen molar-refractivity contribution in [3.63, 3.8) is 0 Å². The fourth-order valence-electron chi connectivity index (χ4n) is 3.15. The van der Waals surface area contributed by atoms with Gasteiger partial charge in [-0.15, -0.1) is 0 Å². The lowest BCUT2D eigenvalue weighted by molar-refractivity contribution is -0.133. The third-order valence-electron chi connectivity index (χ3n) is 4.42. The molecule has 0 aliphatic carbocycles. The van der Waals surface area contributed by atoms with Gasteiger partial charge in [0.2, 0.25) is 5.91 Å². The Labute approximate surface area is 145 Å². The number of rotatable bonds is 4. The number of methoxy groups -OCH3 is 1. The number of benzene rings is 2. The fourth-order valence-corrected chi connectivity index (χ4v) is 3.15. The number of para-hydroxylation sites is 1. The van der Waals surface area contributed by atoms with E-state index in [1.165, 1.54) is 12.1 Å². The summed E-state index contributed by atoms with van der Waals surface area (Å²) in [6.45, 7) is 1.78. The molecule has 1 saturated heterocycles. The summed E-state index contributed by atoms with van der Waals surface area (Å²) >= 11 is 0. The normalized spacial score (nSPS) is 17.4. The smallest absolute Gasteiger partial charge is 0.227 e. The van der Waals surface area contributed by atoms with Gasteiger partial charge in [-0.05, 0) is 17.7 Å². The molecular formula is C19H20F2N2O2. The Hall–Kier alpha value is -2.47. The van der Waals surface area contributed by atoms with Gasteiger partial charge in [0.1, 0.15) is 17.4 Å². The second-order valence-corrected chi connectivity index (χ2v) is 5.96. The zero-order valence-electron chi connectivity index (χ0n) is 14.0. The monoisotopic (exact) mass is 346 g/mol. The van der Waals surface area contributed by atoms with E-state index in [1.54, 1.807) is 12.0 Å². The topological polar surface area (TPSA) is 41.6 Å². The molecule has 1 aliphatic rings. The highest BCUT2D eigenvalue weighted by molar-refractivity contribution is 5.79. The van der Waals surface area contributed by atoms with E-state index in [0.29, 0.717) is 25.4 Å². The molecule has 1 N–H and O–H groups in total.